The van der Waals surface area contributed by atoms with Crippen LogP contribution in [0.3, 0.4) is 0 Å². The Kier molecular flexibility index (Phi) is 4.62. The number of rotatable bonds is 2. The van der Waals surface area contributed by atoms with Crippen molar-refractivity contribution in [1.29, 1.82) is 0 Å². The van der Waals surface area contributed by atoms with E-state index < -0.39 is 0 Å². The summed E-state index contributed by atoms with van der Waals surface area (Å²) in [6.45, 7) is 11.8. The Hall–Kier alpha value is -0.0800. The smallest absolute Gasteiger partial charge is 0.0360 e. The number of nitrogens with two attached hydrogens (primary N) is 1. The van der Waals surface area contributed by atoms with Gasteiger partial charge >= 0.3 is 0 Å². The van der Waals surface area contributed by atoms with E-state index in [1.54, 1.807) is 0 Å². The molecule has 0 spiro atoms. The molecule has 1 saturated carbocycles. The van der Waals surface area contributed by atoms with Crippen molar-refractivity contribution in [2.24, 2.45) is 17.1 Å². The third kappa shape index (κ3) is 3.00. The summed E-state index contributed by atoms with van der Waals surface area (Å²) in [6.07, 6.45) is 9.48. The van der Waals surface area contributed by atoms with Gasteiger partial charge in [0.05, 0.1) is 0 Å². The van der Waals surface area contributed by atoms with Gasteiger partial charge in [-0.25, -0.2) is 0 Å². The quantitative estimate of drug-likeness (QED) is 0.824. The second kappa shape index (κ2) is 5.73. The summed E-state index contributed by atoms with van der Waals surface area (Å²) in [4.78, 5) is 2.81. The molecule has 1 saturated heterocycles. The monoisotopic (exact) mass is 266 g/mol. The molecule has 3 unspecified atom stereocenters. The molecule has 2 fully saturated rings. The van der Waals surface area contributed by atoms with E-state index in [-0.39, 0.29) is 5.54 Å². The lowest BCUT2D eigenvalue weighted by Crippen LogP contribution is -2.63. The minimum atomic E-state index is 0.277. The summed E-state index contributed by atoms with van der Waals surface area (Å²) in [5.74, 6) is 0.724. The maximum atomic E-state index is 6.32. The van der Waals surface area contributed by atoms with Gasteiger partial charge in [0.1, 0.15) is 0 Å². The zero-order chi connectivity index (χ0) is 14.1. The van der Waals surface area contributed by atoms with Crippen LogP contribution in [0, 0.1) is 11.3 Å². The molecule has 0 bridgehead atoms. The van der Waals surface area contributed by atoms with Crippen LogP contribution in [0.4, 0.5) is 0 Å². The Balaban J connectivity index is 2.21. The predicted molar refractivity (Wildman–Crippen MR) is 83.2 cm³/mol. The van der Waals surface area contributed by atoms with Crippen LogP contribution < -0.4 is 5.73 Å². The first-order valence-corrected chi connectivity index (χ1v) is 8.38. The van der Waals surface area contributed by atoms with Gasteiger partial charge < -0.3 is 5.73 Å². The van der Waals surface area contributed by atoms with Crippen LogP contribution in [0.2, 0.25) is 0 Å². The van der Waals surface area contributed by atoms with Crippen molar-refractivity contribution in [3.05, 3.63) is 0 Å². The van der Waals surface area contributed by atoms with Gasteiger partial charge in [-0.05, 0) is 56.9 Å². The predicted octanol–water partition coefficient (Wildman–Crippen LogP) is 3.79. The summed E-state index contributed by atoms with van der Waals surface area (Å²) in [5.41, 5.74) is 7.10. The second-order valence-corrected chi connectivity index (χ2v) is 7.97. The van der Waals surface area contributed by atoms with E-state index in [1.807, 2.05) is 0 Å². The molecule has 112 valence electrons. The lowest BCUT2D eigenvalue weighted by Gasteiger charge is -2.55. The van der Waals surface area contributed by atoms with Crippen molar-refractivity contribution in [2.45, 2.75) is 84.2 Å². The van der Waals surface area contributed by atoms with Crippen molar-refractivity contribution in [3.63, 3.8) is 0 Å². The van der Waals surface area contributed by atoms with Crippen molar-refractivity contribution in [3.8, 4) is 0 Å². The maximum absolute atomic E-state index is 6.32. The van der Waals surface area contributed by atoms with Crippen LogP contribution in [0.1, 0.15) is 72.6 Å². The van der Waals surface area contributed by atoms with E-state index in [9.17, 15) is 0 Å². The van der Waals surface area contributed by atoms with Gasteiger partial charge in [-0.3, -0.25) is 4.90 Å². The van der Waals surface area contributed by atoms with Crippen molar-refractivity contribution in [1.82, 2.24) is 4.90 Å². The standard InChI is InChI=1S/C17H34N2/c1-14-12-16(3,4)9-10-17(14,13-18)19-11-7-5-6-8-15(19)2/h14-15H,5-13,18H2,1-4H3. The Morgan fingerprint density at radius 3 is 2.47 bits per heavy atom. The average molecular weight is 266 g/mol. The summed E-state index contributed by atoms with van der Waals surface area (Å²) in [6, 6.07) is 0.717. The molecule has 3 atom stereocenters. The van der Waals surface area contributed by atoms with E-state index in [2.05, 4.69) is 32.6 Å². The van der Waals surface area contributed by atoms with E-state index in [0.717, 1.165) is 18.5 Å². The molecule has 0 aromatic rings. The molecule has 0 amide bonds. The number of hydrogen-bond donors (Lipinski definition) is 1. The zero-order valence-corrected chi connectivity index (χ0v) is 13.5. The topological polar surface area (TPSA) is 29.3 Å². The number of nitrogens with zero attached hydrogens (tertiary/aromatic N) is 1. The van der Waals surface area contributed by atoms with Crippen LogP contribution in [-0.2, 0) is 0 Å². The zero-order valence-electron chi connectivity index (χ0n) is 13.5. The van der Waals surface area contributed by atoms with Crippen LogP contribution in [0.15, 0.2) is 0 Å². The lowest BCUT2D eigenvalue weighted by atomic mass is 9.62. The number of hydrogen-bond acceptors (Lipinski definition) is 2. The average Bonchev–Trinajstić information content (AvgIpc) is 2.55. The highest BCUT2D eigenvalue weighted by Gasteiger charge is 2.47. The summed E-state index contributed by atoms with van der Waals surface area (Å²) in [5, 5.41) is 0. The highest BCUT2D eigenvalue weighted by atomic mass is 15.2. The molecule has 19 heavy (non-hydrogen) atoms. The van der Waals surface area contributed by atoms with Gasteiger partial charge in [-0.15, -0.1) is 0 Å². The Morgan fingerprint density at radius 2 is 1.84 bits per heavy atom. The van der Waals surface area contributed by atoms with Crippen molar-refractivity contribution in [2.75, 3.05) is 13.1 Å². The van der Waals surface area contributed by atoms with Gasteiger partial charge in [0.25, 0.3) is 0 Å². The fraction of sp³-hybridized carbons (Fsp3) is 1.00. The molecular formula is C17H34N2. The van der Waals surface area contributed by atoms with Gasteiger partial charge in [0.2, 0.25) is 0 Å². The second-order valence-electron chi connectivity index (χ2n) is 7.97. The first kappa shape index (κ1) is 15.3. The molecule has 0 radical (unpaired) electrons. The Bertz CT molecular complexity index is 300. The fourth-order valence-corrected chi connectivity index (χ4v) is 4.71. The van der Waals surface area contributed by atoms with Crippen LogP contribution >= 0.6 is 0 Å². The van der Waals surface area contributed by atoms with Crippen LogP contribution in [0.25, 0.3) is 0 Å². The van der Waals surface area contributed by atoms with Gasteiger partial charge in [-0.2, -0.15) is 0 Å². The molecule has 2 rings (SSSR count). The first-order valence-electron chi connectivity index (χ1n) is 8.38. The summed E-state index contributed by atoms with van der Waals surface area (Å²) >= 11 is 0. The van der Waals surface area contributed by atoms with E-state index in [1.165, 1.54) is 51.5 Å². The summed E-state index contributed by atoms with van der Waals surface area (Å²) in [7, 11) is 0. The molecule has 0 aromatic carbocycles. The fourth-order valence-electron chi connectivity index (χ4n) is 4.71. The number of likely N-dealkylation sites (tertiary alicyclic amines) is 1. The molecule has 1 aliphatic carbocycles. The van der Waals surface area contributed by atoms with Crippen molar-refractivity contribution >= 4 is 0 Å². The van der Waals surface area contributed by atoms with E-state index in [0.29, 0.717) is 5.41 Å². The Labute approximate surface area is 120 Å². The molecule has 2 N–H and O–H groups in total. The molecular weight excluding hydrogens is 232 g/mol. The Morgan fingerprint density at radius 1 is 1.11 bits per heavy atom. The maximum Gasteiger partial charge on any atom is 0.0360 e. The summed E-state index contributed by atoms with van der Waals surface area (Å²) < 4.78 is 0. The molecule has 2 nitrogen and oxygen atoms in total. The normalized spacial score (nSPS) is 40.9. The SMILES string of the molecule is CC1CCCCCN1C1(CN)CCC(C)(C)CC1C. The lowest BCUT2D eigenvalue weighted by molar-refractivity contribution is -0.0414. The molecule has 2 heteroatoms. The highest BCUT2D eigenvalue weighted by molar-refractivity contribution is 5.03. The minimum Gasteiger partial charge on any atom is -0.329 e. The molecule has 2 aliphatic rings. The molecule has 1 heterocycles. The van der Waals surface area contributed by atoms with Crippen LogP contribution in [0.5, 0.6) is 0 Å². The third-order valence-corrected chi connectivity index (χ3v) is 5.99. The third-order valence-electron chi connectivity index (χ3n) is 5.99. The van der Waals surface area contributed by atoms with E-state index in [4.69, 9.17) is 5.73 Å². The highest BCUT2D eigenvalue weighted by Crippen LogP contribution is 2.47. The van der Waals surface area contributed by atoms with Gasteiger partial charge in [0.15, 0.2) is 0 Å². The van der Waals surface area contributed by atoms with Crippen LogP contribution in [-0.4, -0.2) is 29.6 Å². The molecule has 0 aromatic heterocycles. The van der Waals surface area contributed by atoms with Gasteiger partial charge in [-0.1, -0.05) is 33.6 Å². The van der Waals surface area contributed by atoms with Crippen molar-refractivity contribution < 1.29 is 0 Å². The largest absolute Gasteiger partial charge is 0.329 e. The minimum absolute atomic E-state index is 0.277. The molecule has 1 aliphatic heterocycles. The first-order chi connectivity index (χ1) is 8.91. The van der Waals surface area contributed by atoms with E-state index >= 15 is 0 Å². The van der Waals surface area contributed by atoms with Gasteiger partial charge in [0, 0.05) is 18.1 Å².